The molecule has 2 aromatic rings. The predicted molar refractivity (Wildman–Crippen MR) is 69.2 cm³/mol. The van der Waals surface area contributed by atoms with E-state index >= 15 is 0 Å². The van der Waals surface area contributed by atoms with Gasteiger partial charge in [-0.3, -0.25) is 4.68 Å². The molecule has 0 aliphatic rings. The van der Waals surface area contributed by atoms with Gasteiger partial charge in [-0.25, -0.2) is 14.8 Å². The highest BCUT2D eigenvalue weighted by Gasteiger charge is 2.12. The van der Waals surface area contributed by atoms with Crippen molar-refractivity contribution < 1.29 is 9.53 Å². The van der Waals surface area contributed by atoms with Crippen LogP contribution < -0.4 is 5.32 Å². The topological polar surface area (TPSA) is 81.9 Å². The molecule has 0 atom stereocenters. The molecule has 0 aromatic carbocycles. The van der Waals surface area contributed by atoms with Crippen LogP contribution in [0.3, 0.4) is 0 Å². The van der Waals surface area contributed by atoms with Crippen LogP contribution in [-0.4, -0.2) is 32.3 Å². The van der Waals surface area contributed by atoms with Crippen LogP contribution in [0.2, 0.25) is 0 Å². The molecule has 2 aromatic heterocycles. The second kappa shape index (κ2) is 5.47. The first-order valence-electron chi connectivity index (χ1n) is 5.86. The van der Waals surface area contributed by atoms with Crippen LogP contribution in [0.5, 0.6) is 0 Å². The van der Waals surface area contributed by atoms with Crippen LogP contribution in [0.15, 0.2) is 18.6 Å². The Balaban J connectivity index is 2.16. The van der Waals surface area contributed by atoms with Crippen LogP contribution in [0.1, 0.15) is 23.0 Å². The first kappa shape index (κ1) is 13.0. The van der Waals surface area contributed by atoms with E-state index < -0.39 is 5.97 Å². The minimum absolute atomic E-state index is 0.327. The number of nitrogens with zero attached hydrogens (tertiary/aromatic N) is 4. The van der Waals surface area contributed by atoms with Crippen molar-refractivity contribution in [2.45, 2.75) is 13.8 Å². The van der Waals surface area contributed by atoms with Crippen molar-refractivity contribution >= 4 is 17.6 Å². The van der Waals surface area contributed by atoms with E-state index in [1.54, 1.807) is 30.9 Å². The molecule has 7 nitrogen and oxygen atoms in total. The van der Waals surface area contributed by atoms with E-state index in [0.29, 0.717) is 23.8 Å². The molecule has 2 rings (SSSR count). The summed E-state index contributed by atoms with van der Waals surface area (Å²) in [6.07, 6.45) is 4.93. The van der Waals surface area contributed by atoms with Crippen molar-refractivity contribution in [3.8, 4) is 0 Å². The minimum Gasteiger partial charge on any atom is -0.462 e. The summed E-state index contributed by atoms with van der Waals surface area (Å²) in [5.41, 5.74) is 1.73. The van der Waals surface area contributed by atoms with Crippen molar-refractivity contribution in [2.75, 3.05) is 11.9 Å². The number of esters is 1. The molecule has 100 valence electrons. The van der Waals surface area contributed by atoms with Crippen LogP contribution in [0.4, 0.5) is 11.6 Å². The fraction of sp³-hybridized carbons (Fsp3) is 0.333. The molecule has 1 N–H and O–H groups in total. The highest BCUT2D eigenvalue weighted by atomic mass is 16.5. The second-order valence-electron chi connectivity index (χ2n) is 3.94. The normalized spacial score (nSPS) is 10.3. The Morgan fingerprint density at radius 1 is 1.47 bits per heavy atom. The van der Waals surface area contributed by atoms with Gasteiger partial charge in [-0.1, -0.05) is 0 Å². The molecule has 2 heterocycles. The quantitative estimate of drug-likeness (QED) is 0.839. The number of rotatable bonds is 4. The minimum atomic E-state index is -0.409. The molecular formula is C12H15N5O2. The molecule has 0 aliphatic carbocycles. The molecule has 0 unspecified atom stereocenters. The van der Waals surface area contributed by atoms with Gasteiger partial charge in [-0.05, 0) is 13.8 Å². The fourth-order valence-corrected chi connectivity index (χ4v) is 1.55. The average Bonchev–Trinajstić information content (AvgIpc) is 2.75. The van der Waals surface area contributed by atoms with Crippen LogP contribution in [0, 0.1) is 6.92 Å². The molecule has 19 heavy (non-hydrogen) atoms. The van der Waals surface area contributed by atoms with Gasteiger partial charge in [0, 0.05) is 19.4 Å². The largest absolute Gasteiger partial charge is 0.462 e. The molecule has 0 fully saturated rings. The Bertz CT molecular complexity index is 594. The van der Waals surface area contributed by atoms with E-state index in [1.165, 1.54) is 6.20 Å². The third-order valence-electron chi connectivity index (χ3n) is 2.44. The molecule has 0 saturated carbocycles. The van der Waals surface area contributed by atoms with Crippen molar-refractivity contribution in [2.24, 2.45) is 7.05 Å². The number of nitrogens with one attached hydrogen (secondary N) is 1. The third kappa shape index (κ3) is 3.06. The van der Waals surface area contributed by atoms with Crippen molar-refractivity contribution in [1.29, 1.82) is 0 Å². The first-order valence-corrected chi connectivity index (χ1v) is 5.86. The van der Waals surface area contributed by atoms with Gasteiger partial charge in [-0.2, -0.15) is 5.10 Å². The molecule has 0 bridgehead atoms. The SMILES string of the molecule is CCOC(=O)c1cnc(Nc2cnn(C)c2)nc1C. The summed E-state index contributed by atoms with van der Waals surface area (Å²) in [5, 5.41) is 7.04. The number of aryl methyl sites for hydroxylation is 2. The molecule has 0 aliphatic heterocycles. The van der Waals surface area contributed by atoms with E-state index in [-0.39, 0.29) is 0 Å². The maximum atomic E-state index is 11.6. The summed E-state index contributed by atoms with van der Waals surface area (Å²) < 4.78 is 6.59. The van der Waals surface area contributed by atoms with E-state index in [1.807, 2.05) is 7.05 Å². The molecule has 0 spiro atoms. The number of aromatic nitrogens is 4. The smallest absolute Gasteiger partial charge is 0.341 e. The zero-order chi connectivity index (χ0) is 13.8. The molecular weight excluding hydrogens is 246 g/mol. The number of carbonyl (C=O) groups excluding carboxylic acids is 1. The highest BCUT2D eigenvalue weighted by Crippen LogP contribution is 2.13. The van der Waals surface area contributed by atoms with Gasteiger partial charge in [0.1, 0.15) is 0 Å². The van der Waals surface area contributed by atoms with E-state index in [4.69, 9.17) is 4.74 Å². The Labute approximate surface area is 110 Å². The summed E-state index contributed by atoms with van der Waals surface area (Å²) in [4.78, 5) is 19.9. The van der Waals surface area contributed by atoms with Gasteiger partial charge in [0.15, 0.2) is 0 Å². The lowest BCUT2D eigenvalue weighted by Gasteiger charge is -2.06. The number of carbonyl (C=O) groups is 1. The zero-order valence-corrected chi connectivity index (χ0v) is 11.0. The standard InChI is InChI=1S/C12H15N5O2/c1-4-19-11(18)10-6-13-12(15-8(10)2)16-9-5-14-17(3)7-9/h5-7H,4H2,1-3H3,(H,13,15,16). The van der Waals surface area contributed by atoms with Crippen LogP contribution in [0.25, 0.3) is 0 Å². The molecule has 0 amide bonds. The Morgan fingerprint density at radius 2 is 2.26 bits per heavy atom. The van der Waals surface area contributed by atoms with Gasteiger partial charge in [0.05, 0.1) is 29.7 Å². The van der Waals surface area contributed by atoms with E-state index in [2.05, 4.69) is 20.4 Å². The third-order valence-corrected chi connectivity index (χ3v) is 2.44. The number of anilines is 2. The van der Waals surface area contributed by atoms with Crippen LogP contribution >= 0.6 is 0 Å². The molecule has 7 heteroatoms. The zero-order valence-electron chi connectivity index (χ0n) is 11.0. The summed E-state index contributed by atoms with van der Waals surface area (Å²) >= 11 is 0. The first-order chi connectivity index (χ1) is 9.10. The lowest BCUT2D eigenvalue weighted by Crippen LogP contribution is -2.10. The summed E-state index contributed by atoms with van der Waals surface area (Å²) in [5.74, 6) is 0.00600. The Hall–Kier alpha value is -2.44. The molecule has 0 radical (unpaired) electrons. The Morgan fingerprint density at radius 3 is 2.84 bits per heavy atom. The van der Waals surface area contributed by atoms with E-state index in [9.17, 15) is 4.79 Å². The number of hydrogen-bond donors (Lipinski definition) is 1. The monoisotopic (exact) mass is 261 g/mol. The van der Waals surface area contributed by atoms with Crippen molar-refractivity contribution in [3.05, 3.63) is 29.8 Å². The Kier molecular flexibility index (Phi) is 3.74. The van der Waals surface area contributed by atoms with E-state index in [0.717, 1.165) is 5.69 Å². The van der Waals surface area contributed by atoms with Crippen molar-refractivity contribution in [3.63, 3.8) is 0 Å². The van der Waals surface area contributed by atoms with Gasteiger partial charge < -0.3 is 10.1 Å². The van der Waals surface area contributed by atoms with Gasteiger partial charge >= 0.3 is 5.97 Å². The number of hydrogen-bond acceptors (Lipinski definition) is 6. The van der Waals surface area contributed by atoms with Crippen LogP contribution in [-0.2, 0) is 11.8 Å². The van der Waals surface area contributed by atoms with Gasteiger partial charge in [0.2, 0.25) is 5.95 Å². The van der Waals surface area contributed by atoms with Gasteiger partial charge in [0.25, 0.3) is 0 Å². The molecule has 0 saturated heterocycles. The summed E-state index contributed by atoms with van der Waals surface area (Å²) in [6, 6.07) is 0. The van der Waals surface area contributed by atoms with Gasteiger partial charge in [-0.15, -0.1) is 0 Å². The fourth-order valence-electron chi connectivity index (χ4n) is 1.55. The second-order valence-corrected chi connectivity index (χ2v) is 3.94. The maximum Gasteiger partial charge on any atom is 0.341 e. The average molecular weight is 261 g/mol. The lowest BCUT2D eigenvalue weighted by molar-refractivity contribution is 0.0524. The number of ether oxygens (including phenoxy) is 1. The van der Waals surface area contributed by atoms with Crippen molar-refractivity contribution in [1.82, 2.24) is 19.7 Å². The highest BCUT2D eigenvalue weighted by molar-refractivity contribution is 5.90. The predicted octanol–water partition coefficient (Wildman–Crippen LogP) is 1.44. The summed E-state index contributed by atoms with van der Waals surface area (Å²) in [6.45, 7) is 3.82. The lowest BCUT2D eigenvalue weighted by atomic mass is 10.2. The summed E-state index contributed by atoms with van der Waals surface area (Å²) in [7, 11) is 1.82. The maximum absolute atomic E-state index is 11.6.